The summed E-state index contributed by atoms with van der Waals surface area (Å²) >= 11 is 0. The summed E-state index contributed by atoms with van der Waals surface area (Å²) in [5.41, 5.74) is 2.88. The summed E-state index contributed by atoms with van der Waals surface area (Å²) in [7, 11) is -3.27. The van der Waals surface area contributed by atoms with Gasteiger partial charge < -0.3 is 15.0 Å². The Morgan fingerprint density at radius 1 is 0.649 bits per heavy atom. The van der Waals surface area contributed by atoms with Crippen molar-refractivity contribution in [1.29, 1.82) is 0 Å². The molecule has 0 aromatic heterocycles. The first-order chi connectivity index (χ1) is 17.4. The van der Waals surface area contributed by atoms with Crippen LogP contribution in [0.4, 0.5) is 5.69 Å². The van der Waals surface area contributed by atoms with Crippen LogP contribution in [0, 0.1) is 0 Å². The van der Waals surface area contributed by atoms with E-state index in [0.29, 0.717) is 5.75 Å². The molecule has 0 saturated carbocycles. The van der Waals surface area contributed by atoms with E-state index in [0.717, 1.165) is 33.0 Å². The zero-order valence-electron chi connectivity index (χ0n) is 22.7. The zero-order chi connectivity index (χ0) is 26.8. The highest BCUT2D eigenvalue weighted by Gasteiger charge is 2.39. The van der Waals surface area contributed by atoms with E-state index >= 15 is 4.57 Å². The van der Waals surface area contributed by atoms with Gasteiger partial charge in [0, 0.05) is 16.3 Å². The van der Waals surface area contributed by atoms with Crippen LogP contribution in [0.25, 0.3) is 0 Å². The minimum absolute atomic E-state index is 0.305. The molecule has 192 valence electrons. The van der Waals surface area contributed by atoms with Crippen LogP contribution in [0.3, 0.4) is 0 Å². The molecule has 0 radical (unpaired) electrons. The van der Waals surface area contributed by atoms with Crippen LogP contribution in [-0.2, 0) is 15.4 Å². The first kappa shape index (κ1) is 26.8. The molecular weight excluding hydrogens is 473 g/mol. The lowest BCUT2D eigenvalue weighted by atomic mass is 9.78. The molecule has 0 heterocycles. The molecule has 0 amide bonds. The van der Waals surface area contributed by atoms with E-state index in [4.69, 9.17) is 0 Å². The van der Waals surface area contributed by atoms with Crippen molar-refractivity contribution in [3.63, 3.8) is 0 Å². The molecule has 0 saturated heterocycles. The number of hydrogen-bond acceptors (Lipinski definition) is 3. The Morgan fingerprint density at radius 2 is 1.03 bits per heavy atom. The fraction of sp³-hybridized carbons (Fsp3) is 0.273. The molecule has 0 spiro atoms. The number of rotatable bonds is 6. The molecule has 0 aliphatic heterocycles. The third kappa shape index (κ3) is 5.53. The van der Waals surface area contributed by atoms with Crippen LogP contribution in [0.2, 0.25) is 0 Å². The van der Waals surface area contributed by atoms with Gasteiger partial charge >= 0.3 is 0 Å². The number of anilines is 1. The number of phenols is 1. The third-order valence-electron chi connectivity index (χ3n) is 6.78. The Kier molecular flexibility index (Phi) is 7.40. The first-order valence-corrected chi connectivity index (χ1v) is 14.6. The summed E-state index contributed by atoms with van der Waals surface area (Å²) in [6.07, 6.45) is 0. The van der Waals surface area contributed by atoms with Gasteiger partial charge in [-0.3, -0.25) is 0 Å². The highest BCUT2D eigenvalue weighted by atomic mass is 31.2. The molecule has 4 rings (SSSR count). The fourth-order valence-electron chi connectivity index (χ4n) is 4.78. The molecule has 0 unspecified atom stereocenters. The Hall–Kier alpha value is -3.29. The lowest BCUT2D eigenvalue weighted by Gasteiger charge is -2.34. The molecule has 0 aliphatic rings. The maximum Gasteiger partial charge on any atom is 0.168 e. The van der Waals surface area contributed by atoms with Gasteiger partial charge in [0.05, 0.1) is 0 Å². The molecule has 37 heavy (non-hydrogen) atoms. The van der Waals surface area contributed by atoms with E-state index in [1.54, 1.807) is 0 Å². The van der Waals surface area contributed by atoms with Crippen molar-refractivity contribution >= 4 is 23.4 Å². The van der Waals surface area contributed by atoms with Gasteiger partial charge in [-0.1, -0.05) is 120 Å². The van der Waals surface area contributed by atoms with Crippen LogP contribution in [0.5, 0.6) is 5.75 Å². The van der Waals surface area contributed by atoms with Crippen molar-refractivity contribution in [2.75, 3.05) is 5.32 Å². The van der Waals surface area contributed by atoms with Gasteiger partial charge in [0.2, 0.25) is 0 Å². The van der Waals surface area contributed by atoms with Gasteiger partial charge in [-0.25, -0.2) is 0 Å². The van der Waals surface area contributed by atoms with Crippen LogP contribution in [-0.4, -0.2) is 5.11 Å². The molecule has 4 aromatic carbocycles. The molecule has 0 fully saturated rings. The van der Waals surface area contributed by atoms with Crippen molar-refractivity contribution in [2.24, 2.45) is 0 Å². The summed E-state index contributed by atoms with van der Waals surface area (Å²) in [6.45, 7) is 12.6. The standard InChI is InChI=1S/C33H38NO2P/c1-32(2,3)28-22-24(23-29(30(28)35)33(4,5)6)31(34-25-16-10-7-11-17-25)37(36,26-18-12-8-13-19-26)27-20-14-9-15-21-27/h7-23,31,34-35H,1-6H3/t31-/m0/s1. The average molecular weight is 512 g/mol. The second-order valence-electron chi connectivity index (χ2n) is 11.7. The first-order valence-electron chi connectivity index (χ1n) is 12.8. The average Bonchev–Trinajstić information content (AvgIpc) is 2.87. The van der Waals surface area contributed by atoms with E-state index in [1.165, 1.54) is 0 Å². The van der Waals surface area contributed by atoms with E-state index in [-0.39, 0.29) is 10.8 Å². The summed E-state index contributed by atoms with van der Waals surface area (Å²) in [5.74, 6) is -0.237. The predicted molar refractivity (Wildman–Crippen MR) is 158 cm³/mol. The zero-order valence-corrected chi connectivity index (χ0v) is 23.6. The number of benzene rings is 4. The maximum absolute atomic E-state index is 15.6. The molecule has 4 aromatic rings. The van der Waals surface area contributed by atoms with Crippen LogP contribution in [0.1, 0.15) is 64.0 Å². The minimum Gasteiger partial charge on any atom is -0.507 e. The number of aromatic hydroxyl groups is 1. The van der Waals surface area contributed by atoms with E-state index in [1.807, 2.05) is 103 Å². The van der Waals surface area contributed by atoms with Gasteiger partial charge in [-0.15, -0.1) is 0 Å². The lowest BCUT2D eigenvalue weighted by molar-refractivity contribution is 0.422. The molecule has 0 bridgehead atoms. The largest absolute Gasteiger partial charge is 0.507 e. The Labute approximate surface area is 222 Å². The number of nitrogens with one attached hydrogen (secondary N) is 1. The summed E-state index contributed by atoms with van der Waals surface area (Å²) in [6, 6.07) is 33.6. The van der Waals surface area contributed by atoms with Crippen molar-refractivity contribution in [3.8, 4) is 5.75 Å². The van der Waals surface area contributed by atoms with E-state index < -0.39 is 12.9 Å². The second kappa shape index (κ2) is 10.2. The smallest absolute Gasteiger partial charge is 0.168 e. The Bertz CT molecular complexity index is 1310. The molecule has 4 heteroatoms. The summed E-state index contributed by atoms with van der Waals surface area (Å²) in [4.78, 5) is 0. The van der Waals surface area contributed by atoms with Gasteiger partial charge in [-0.05, 0) is 51.8 Å². The third-order valence-corrected chi connectivity index (χ3v) is 10.1. The number of phenolic OH excluding ortho intramolecular Hbond substituents is 1. The van der Waals surface area contributed by atoms with Gasteiger partial charge in [-0.2, -0.15) is 0 Å². The number of para-hydroxylation sites is 1. The topological polar surface area (TPSA) is 49.3 Å². The maximum atomic E-state index is 15.6. The lowest BCUT2D eigenvalue weighted by Crippen LogP contribution is -2.27. The van der Waals surface area contributed by atoms with Crippen molar-refractivity contribution in [2.45, 2.75) is 58.2 Å². The molecule has 2 N–H and O–H groups in total. The highest BCUT2D eigenvalue weighted by Crippen LogP contribution is 2.58. The van der Waals surface area contributed by atoms with E-state index in [9.17, 15) is 5.11 Å². The molecule has 3 nitrogen and oxygen atoms in total. The number of hydrogen-bond donors (Lipinski definition) is 2. The Balaban J connectivity index is 2.08. The minimum atomic E-state index is -3.27. The van der Waals surface area contributed by atoms with Crippen molar-refractivity contribution in [3.05, 3.63) is 120 Å². The molecule has 1 atom stereocenters. The van der Waals surface area contributed by atoms with Gasteiger partial charge in [0.1, 0.15) is 11.5 Å². The van der Waals surface area contributed by atoms with E-state index in [2.05, 4.69) is 46.9 Å². The van der Waals surface area contributed by atoms with Crippen LogP contribution < -0.4 is 15.9 Å². The predicted octanol–water partition coefficient (Wildman–Crippen LogP) is 8.11. The van der Waals surface area contributed by atoms with Gasteiger partial charge in [0.15, 0.2) is 7.14 Å². The van der Waals surface area contributed by atoms with Gasteiger partial charge in [0.25, 0.3) is 0 Å². The van der Waals surface area contributed by atoms with Crippen molar-refractivity contribution < 1.29 is 9.67 Å². The normalized spacial score (nSPS) is 13.2. The van der Waals surface area contributed by atoms with Crippen LogP contribution >= 0.6 is 7.14 Å². The molecule has 0 aliphatic carbocycles. The van der Waals surface area contributed by atoms with Crippen molar-refractivity contribution in [1.82, 2.24) is 0 Å². The van der Waals surface area contributed by atoms with Crippen LogP contribution in [0.15, 0.2) is 103 Å². The SMILES string of the molecule is CC(C)(C)c1cc([C@@H](Nc2ccccc2)P(=O)(c2ccccc2)c2ccccc2)cc(C(C)(C)C)c1O. The highest BCUT2D eigenvalue weighted by molar-refractivity contribution is 7.79. The second-order valence-corrected chi connectivity index (χ2v) is 14.6. The summed E-state index contributed by atoms with van der Waals surface area (Å²) < 4.78 is 15.6. The fourth-order valence-corrected chi connectivity index (χ4v) is 7.80. The molecular formula is C33H38NO2P. The summed E-state index contributed by atoms with van der Waals surface area (Å²) in [5, 5.41) is 16.6. The monoisotopic (exact) mass is 511 g/mol. The Morgan fingerprint density at radius 3 is 1.41 bits per heavy atom. The quantitative estimate of drug-likeness (QED) is 0.257.